The number of rotatable bonds is 3. The maximum absolute atomic E-state index is 11.6. The van der Waals surface area contributed by atoms with Crippen LogP contribution in [0.4, 0.5) is 5.95 Å². The lowest BCUT2D eigenvalue weighted by Gasteiger charge is -2.21. The van der Waals surface area contributed by atoms with E-state index < -0.39 is 37.6 Å². The number of aromatic nitrogens is 3. The molecule has 1 unspecified atom stereocenters. The molecule has 0 aromatic carbocycles. The minimum Gasteiger partial charge on any atom is -0.390 e. The molecule has 0 aliphatic carbocycles. The highest BCUT2D eigenvalue weighted by Gasteiger charge is 2.46. The maximum atomic E-state index is 11.6. The predicted octanol–water partition coefficient (Wildman–Crippen LogP) is -2.63. The van der Waals surface area contributed by atoms with E-state index in [0.717, 1.165) is 10.9 Å². The van der Waals surface area contributed by atoms with Crippen molar-refractivity contribution in [3.63, 3.8) is 0 Å². The van der Waals surface area contributed by atoms with Gasteiger partial charge in [-0.2, -0.15) is 4.98 Å². The molecule has 1 saturated heterocycles. The zero-order valence-electron chi connectivity index (χ0n) is 9.97. The first-order valence-corrected chi connectivity index (χ1v) is 7.16. The van der Waals surface area contributed by atoms with Crippen LogP contribution in [0.5, 0.6) is 0 Å². The monoisotopic (exact) mass is 308 g/mol. The van der Waals surface area contributed by atoms with Crippen molar-refractivity contribution in [2.24, 2.45) is 0 Å². The summed E-state index contributed by atoms with van der Waals surface area (Å²) in [5, 5.41) is 19.1. The van der Waals surface area contributed by atoms with Crippen molar-refractivity contribution in [2.75, 3.05) is 5.73 Å². The van der Waals surface area contributed by atoms with Crippen molar-refractivity contribution >= 4 is 13.5 Å². The predicted molar refractivity (Wildman–Crippen MR) is 63.3 cm³/mol. The summed E-state index contributed by atoms with van der Waals surface area (Å²) in [6, 6.07) is 0. The highest BCUT2D eigenvalue weighted by Crippen LogP contribution is 2.46. The highest BCUT2D eigenvalue weighted by atomic mass is 31.2. The first kappa shape index (κ1) is 15.0. The lowest BCUT2D eigenvalue weighted by Crippen LogP contribution is -2.34. The second kappa shape index (κ2) is 5.20. The zero-order chi connectivity index (χ0) is 15.1. The quantitative estimate of drug-likeness (QED) is 0.370. The Kier molecular flexibility index (Phi) is 3.91. The van der Waals surface area contributed by atoms with Gasteiger partial charge in [0.15, 0.2) is 5.85 Å². The number of aliphatic hydroxyl groups excluding tert-OH is 2. The van der Waals surface area contributed by atoms with Crippen LogP contribution in [0.2, 0.25) is 0 Å². The van der Waals surface area contributed by atoms with Crippen LogP contribution in [-0.2, 0) is 9.30 Å². The fourth-order valence-electron chi connectivity index (χ4n) is 1.86. The normalized spacial score (nSPS) is 28.5. The van der Waals surface area contributed by atoms with Crippen molar-refractivity contribution < 1.29 is 29.3 Å². The number of ether oxygens (including phenoxy) is 1. The first-order chi connectivity index (χ1) is 9.20. The van der Waals surface area contributed by atoms with E-state index in [1.165, 1.54) is 0 Å². The summed E-state index contributed by atoms with van der Waals surface area (Å²) in [5.41, 5.74) is 4.43. The maximum Gasteiger partial charge on any atom is 0.356 e. The molecule has 12 heteroatoms. The smallest absolute Gasteiger partial charge is 0.356 e. The van der Waals surface area contributed by atoms with E-state index in [4.69, 9.17) is 20.3 Å². The fraction of sp³-hybridized carbons (Fsp3) is 0.625. The molecule has 0 amide bonds. The van der Waals surface area contributed by atoms with Gasteiger partial charge >= 0.3 is 13.3 Å². The molecule has 2 heterocycles. The van der Waals surface area contributed by atoms with E-state index in [9.17, 15) is 19.6 Å². The van der Waals surface area contributed by atoms with Crippen LogP contribution >= 0.6 is 7.60 Å². The number of nitrogens with zero attached hydrogens (tertiary/aromatic N) is 3. The molecular weight excluding hydrogens is 295 g/mol. The molecule has 20 heavy (non-hydrogen) atoms. The molecular formula is C8H13N4O7P. The standard InChI is InChI=1S/C8H13N4O7P/c9-7-10-2-12(8(15)11-7)4-1-3(13)5(19-4)6(14)20(16,17)18/h2-6,13-14H,1H2,(H2,9,11,15)(H2,16,17,18)/t3-,4+,5-,6?/m0/s1. The number of anilines is 1. The molecule has 0 bridgehead atoms. The van der Waals surface area contributed by atoms with E-state index in [1.807, 2.05) is 0 Å². The topological polar surface area (TPSA) is 181 Å². The van der Waals surface area contributed by atoms with Crippen LogP contribution in [0.15, 0.2) is 11.1 Å². The van der Waals surface area contributed by atoms with E-state index in [-0.39, 0.29) is 12.4 Å². The Labute approximate surface area is 111 Å². The first-order valence-electron chi connectivity index (χ1n) is 5.47. The molecule has 1 aromatic heterocycles. The number of nitrogens with two attached hydrogens (primary N) is 1. The van der Waals surface area contributed by atoms with Crippen LogP contribution in [0.1, 0.15) is 12.6 Å². The minimum absolute atomic E-state index is 0.158. The number of hydrogen-bond donors (Lipinski definition) is 5. The zero-order valence-corrected chi connectivity index (χ0v) is 10.9. The van der Waals surface area contributed by atoms with Crippen molar-refractivity contribution in [3.8, 4) is 0 Å². The number of nitrogen functional groups attached to an aromatic ring is 1. The Hall–Kier alpha value is -1.36. The van der Waals surface area contributed by atoms with Gasteiger partial charge in [-0.3, -0.25) is 9.13 Å². The van der Waals surface area contributed by atoms with Gasteiger partial charge in [0.05, 0.1) is 6.10 Å². The van der Waals surface area contributed by atoms with Gasteiger partial charge in [0.25, 0.3) is 0 Å². The largest absolute Gasteiger partial charge is 0.390 e. The molecule has 1 aliphatic rings. The summed E-state index contributed by atoms with van der Waals surface area (Å²) in [7, 11) is -4.85. The summed E-state index contributed by atoms with van der Waals surface area (Å²) < 4.78 is 17.0. The second-order valence-corrected chi connectivity index (χ2v) is 5.97. The van der Waals surface area contributed by atoms with Crippen LogP contribution in [-0.4, -0.2) is 52.6 Å². The van der Waals surface area contributed by atoms with Gasteiger partial charge in [0.2, 0.25) is 5.95 Å². The Morgan fingerprint density at radius 3 is 2.75 bits per heavy atom. The van der Waals surface area contributed by atoms with Crippen molar-refractivity contribution in [2.45, 2.75) is 30.7 Å². The van der Waals surface area contributed by atoms with Crippen molar-refractivity contribution in [3.05, 3.63) is 16.8 Å². The molecule has 2 rings (SSSR count). The van der Waals surface area contributed by atoms with E-state index >= 15 is 0 Å². The van der Waals surface area contributed by atoms with E-state index in [1.54, 1.807) is 0 Å². The summed E-state index contributed by atoms with van der Waals surface area (Å²) in [5.74, 6) is -2.43. The molecule has 11 nitrogen and oxygen atoms in total. The highest BCUT2D eigenvalue weighted by molar-refractivity contribution is 7.52. The Bertz CT molecular complexity index is 601. The Morgan fingerprint density at radius 1 is 1.55 bits per heavy atom. The van der Waals surface area contributed by atoms with Crippen molar-refractivity contribution in [1.82, 2.24) is 14.5 Å². The van der Waals surface area contributed by atoms with Gasteiger partial charge in [-0.25, -0.2) is 9.78 Å². The van der Waals surface area contributed by atoms with Crippen molar-refractivity contribution in [1.29, 1.82) is 0 Å². The third-order valence-corrected chi connectivity index (χ3v) is 3.81. The van der Waals surface area contributed by atoms with Crippen LogP contribution in [0.3, 0.4) is 0 Å². The second-order valence-electron chi connectivity index (χ2n) is 4.27. The van der Waals surface area contributed by atoms with Gasteiger partial charge in [-0.1, -0.05) is 0 Å². The number of hydrogen-bond acceptors (Lipinski definition) is 8. The molecule has 4 atom stereocenters. The minimum atomic E-state index is -4.85. The molecule has 0 saturated carbocycles. The van der Waals surface area contributed by atoms with Gasteiger partial charge in [-0.15, -0.1) is 0 Å². The third-order valence-electron chi connectivity index (χ3n) is 2.83. The average Bonchev–Trinajstić information content (AvgIpc) is 2.68. The lowest BCUT2D eigenvalue weighted by atomic mass is 10.2. The summed E-state index contributed by atoms with van der Waals surface area (Å²) >= 11 is 0. The van der Waals surface area contributed by atoms with Gasteiger partial charge < -0.3 is 30.5 Å². The Balaban J connectivity index is 2.22. The molecule has 112 valence electrons. The average molecular weight is 308 g/mol. The van der Waals surface area contributed by atoms with Gasteiger partial charge in [0.1, 0.15) is 18.7 Å². The molecule has 6 N–H and O–H groups in total. The number of aliphatic hydroxyl groups is 2. The summed E-state index contributed by atoms with van der Waals surface area (Å²) in [4.78, 5) is 36.2. The summed E-state index contributed by atoms with van der Waals surface area (Å²) in [6.07, 6.45) is -3.05. The fourth-order valence-corrected chi connectivity index (χ4v) is 2.51. The molecule has 1 fully saturated rings. The Morgan fingerprint density at radius 2 is 2.20 bits per heavy atom. The van der Waals surface area contributed by atoms with Crippen LogP contribution < -0.4 is 11.4 Å². The molecule has 0 radical (unpaired) electrons. The van der Waals surface area contributed by atoms with Crippen LogP contribution in [0.25, 0.3) is 0 Å². The van der Waals surface area contributed by atoms with E-state index in [2.05, 4.69) is 9.97 Å². The SMILES string of the molecule is Nc1ncn([C@H]2C[C@H](O)[C@@H](C(O)P(=O)(O)O)O2)c(=O)n1. The van der Waals surface area contributed by atoms with Gasteiger partial charge in [-0.05, 0) is 0 Å². The molecule has 1 aliphatic heterocycles. The third kappa shape index (κ3) is 2.87. The van der Waals surface area contributed by atoms with Gasteiger partial charge in [0, 0.05) is 6.42 Å². The molecule has 0 spiro atoms. The van der Waals surface area contributed by atoms with E-state index in [0.29, 0.717) is 0 Å². The van der Waals surface area contributed by atoms with Crippen LogP contribution in [0, 0.1) is 0 Å². The lowest BCUT2D eigenvalue weighted by molar-refractivity contribution is -0.0647. The molecule has 1 aromatic rings. The summed E-state index contributed by atoms with van der Waals surface area (Å²) in [6.45, 7) is 0.